The summed E-state index contributed by atoms with van der Waals surface area (Å²) in [5.74, 6) is 0.797. The summed E-state index contributed by atoms with van der Waals surface area (Å²) in [6, 6.07) is 15.8. The number of hydrogen-bond acceptors (Lipinski definition) is 5. The Balaban J connectivity index is 1.48. The number of piperidine rings is 1. The molecule has 2 aliphatic rings. The molecule has 3 aromatic rings. The van der Waals surface area contributed by atoms with E-state index in [0.717, 1.165) is 11.3 Å². The summed E-state index contributed by atoms with van der Waals surface area (Å²) in [6.07, 6.45) is 10.1. The third kappa shape index (κ3) is 11.0. The van der Waals surface area contributed by atoms with E-state index in [2.05, 4.69) is 40.7 Å². The molecule has 1 fully saturated rings. The lowest BCUT2D eigenvalue weighted by atomic mass is 9.83. The number of aliphatic imine (C=N–C) groups is 1. The highest BCUT2D eigenvalue weighted by Gasteiger charge is 2.36. The highest BCUT2D eigenvalue weighted by molar-refractivity contribution is 6.31. The van der Waals surface area contributed by atoms with Crippen LogP contribution in [0.3, 0.4) is 0 Å². The van der Waals surface area contributed by atoms with Crippen LogP contribution < -0.4 is 4.74 Å². The third-order valence-corrected chi connectivity index (χ3v) is 10.9. The molecule has 1 atom stereocenters. The number of amidine groups is 1. The zero-order valence-corrected chi connectivity index (χ0v) is 34.6. The third-order valence-electron chi connectivity index (χ3n) is 10.4. The van der Waals surface area contributed by atoms with E-state index >= 15 is 0 Å². The number of nitrogens with zero attached hydrogens (tertiary/aromatic N) is 5. The van der Waals surface area contributed by atoms with Gasteiger partial charge in [0.05, 0.1) is 24.3 Å². The molecule has 1 saturated heterocycles. The summed E-state index contributed by atoms with van der Waals surface area (Å²) in [6.45, 7) is 14.2. The van der Waals surface area contributed by atoms with E-state index in [-0.39, 0.29) is 48.1 Å². The van der Waals surface area contributed by atoms with Gasteiger partial charge < -0.3 is 14.5 Å². The molecule has 0 saturated carbocycles. The smallest absolute Gasteiger partial charge is 0.325 e. The Kier molecular flexibility index (Phi) is 13.8. The van der Waals surface area contributed by atoms with Crippen LogP contribution in [0.5, 0.6) is 5.75 Å². The number of benzene rings is 2. The molecule has 2 aromatic carbocycles. The molecule has 0 N–H and O–H groups in total. The van der Waals surface area contributed by atoms with Crippen molar-refractivity contribution in [2.45, 2.75) is 91.3 Å². The average Bonchev–Trinajstić information content (AvgIpc) is 3.14. The molecular formula is C44H54Cl2FN5O3. The Morgan fingerprint density at radius 3 is 2.33 bits per heavy atom. The first-order valence-corrected chi connectivity index (χ1v) is 19.9. The number of ether oxygens (including phenoxy) is 1. The first-order chi connectivity index (χ1) is 26.0. The zero-order chi connectivity index (χ0) is 39.9. The molecule has 8 nitrogen and oxygen atoms in total. The standard InChI is InChI=1S/C44H54Cl2FN5O3/c1-8-55-38-26-39(43(2,3)4)48-27-36(38)41(49-44(5,6)33-15-19-35(46)20-16-33)52(28-31-13-17-34(45)18-14-31)42(54)51-23-21-30(22-24-51)25-40(53)50(7)29-32-11-9-10-12-37(32)47/h9-15,17-20,26-27,30,33H,8,16,21-25,28-29H2,1-7H3/b49-41-. The van der Waals surface area contributed by atoms with Crippen molar-refractivity contribution >= 4 is 41.0 Å². The number of carbonyl (C=O) groups excluding carboxylic acids is 2. The molecule has 1 unspecified atom stereocenters. The lowest BCUT2D eigenvalue weighted by molar-refractivity contribution is -0.131. The Morgan fingerprint density at radius 2 is 1.71 bits per heavy atom. The van der Waals surface area contributed by atoms with Gasteiger partial charge in [0.2, 0.25) is 5.91 Å². The van der Waals surface area contributed by atoms with Crippen LogP contribution in [0, 0.1) is 17.7 Å². The molecule has 294 valence electrons. The Bertz CT molecular complexity index is 1910. The van der Waals surface area contributed by atoms with E-state index in [1.807, 2.05) is 54.3 Å². The quantitative estimate of drug-likeness (QED) is 0.143. The van der Waals surface area contributed by atoms with Gasteiger partial charge in [-0.05, 0) is 75.8 Å². The first-order valence-electron chi connectivity index (χ1n) is 19.1. The van der Waals surface area contributed by atoms with E-state index in [9.17, 15) is 14.0 Å². The van der Waals surface area contributed by atoms with Gasteiger partial charge in [0, 0.05) is 78.0 Å². The van der Waals surface area contributed by atoms with Crippen molar-refractivity contribution in [1.82, 2.24) is 19.7 Å². The van der Waals surface area contributed by atoms with Crippen LogP contribution in [0.25, 0.3) is 0 Å². The molecule has 11 heteroatoms. The summed E-state index contributed by atoms with van der Waals surface area (Å²) < 4.78 is 20.6. The lowest BCUT2D eigenvalue weighted by Gasteiger charge is -2.38. The summed E-state index contributed by atoms with van der Waals surface area (Å²) in [7, 11) is 1.71. The topological polar surface area (TPSA) is 78.3 Å². The van der Waals surface area contributed by atoms with Crippen molar-refractivity contribution in [2.75, 3.05) is 26.7 Å². The van der Waals surface area contributed by atoms with E-state index in [0.29, 0.717) is 78.1 Å². The Labute approximate surface area is 336 Å². The summed E-state index contributed by atoms with van der Waals surface area (Å²) in [4.78, 5) is 43.7. The minimum absolute atomic E-state index is 0.0135. The van der Waals surface area contributed by atoms with Gasteiger partial charge in [0.25, 0.3) is 0 Å². The van der Waals surface area contributed by atoms with Crippen molar-refractivity contribution < 1.29 is 18.7 Å². The number of carbonyl (C=O) groups is 2. The monoisotopic (exact) mass is 789 g/mol. The van der Waals surface area contributed by atoms with Crippen LogP contribution in [0.2, 0.25) is 5.02 Å². The molecule has 0 radical (unpaired) electrons. The van der Waals surface area contributed by atoms with Gasteiger partial charge in [0.15, 0.2) is 0 Å². The Hall–Kier alpha value is -4.21. The van der Waals surface area contributed by atoms with Crippen molar-refractivity contribution in [3.63, 3.8) is 0 Å². The second-order valence-electron chi connectivity index (χ2n) is 16.1. The number of hydrogen-bond donors (Lipinski definition) is 0. The fourth-order valence-electron chi connectivity index (χ4n) is 6.91. The van der Waals surface area contributed by atoms with Crippen LogP contribution >= 0.6 is 23.2 Å². The van der Waals surface area contributed by atoms with Crippen LogP contribution in [0.4, 0.5) is 9.18 Å². The highest BCUT2D eigenvalue weighted by Crippen LogP contribution is 2.35. The Morgan fingerprint density at radius 1 is 1.02 bits per heavy atom. The molecule has 55 heavy (non-hydrogen) atoms. The lowest BCUT2D eigenvalue weighted by Crippen LogP contribution is -2.50. The minimum atomic E-state index is -0.660. The van der Waals surface area contributed by atoms with E-state index < -0.39 is 5.54 Å². The number of likely N-dealkylation sites (tertiary alicyclic amines) is 1. The van der Waals surface area contributed by atoms with Gasteiger partial charge in [-0.2, -0.15) is 0 Å². The first kappa shape index (κ1) is 41.9. The van der Waals surface area contributed by atoms with Gasteiger partial charge in [-0.15, -0.1) is 0 Å². The van der Waals surface area contributed by atoms with Crippen LogP contribution in [0.1, 0.15) is 89.6 Å². The van der Waals surface area contributed by atoms with Crippen molar-refractivity contribution in [1.29, 1.82) is 0 Å². The van der Waals surface area contributed by atoms with Gasteiger partial charge in [-0.3, -0.25) is 19.7 Å². The fourth-order valence-corrected chi connectivity index (χ4v) is 7.20. The maximum Gasteiger partial charge on any atom is 0.325 e. The molecule has 1 aromatic heterocycles. The summed E-state index contributed by atoms with van der Waals surface area (Å²) in [5, 5.41) is 1.29. The number of pyridine rings is 1. The van der Waals surface area contributed by atoms with E-state index in [1.165, 1.54) is 6.07 Å². The number of amides is 3. The maximum atomic E-state index is 15.0. The summed E-state index contributed by atoms with van der Waals surface area (Å²) >= 11 is 12.6. The molecule has 0 spiro atoms. The molecule has 1 aliphatic carbocycles. The summed E-state index contributed by atoms with van der Waals surface area (Å²) in [5.41, 5.74) is 1.95. The van der Waals surface area contributed by atoms with Gasteiger partial charge in [-0.25, -0.2) is 9.18 Å². The highest BCUT2D eigenvalue weighted by atomic mass is 35.5. The number of halogens is 3. The minimum Gasteiger partial charge on any atom is -0.493 e. The molecule has 2 heterocycles. The largest absolute Gasteiger partial charge is 0.493 e. The van der Waals surface area contributed by atoms with Crippen LogP contribution in [-0.2, 0) is 23.3 Å². The number of allylic oxidation sites excluding steroid dienone is 3. The molecule has 3 amide bonds. The molecule has 5 rings (SSSR count). The maximum absolute atomic E-state index is 15.0. The van der Waals surface area contributed by atoms with Crippen molar-refractivity contribution in [3.05, 3.63) is 117 Å². The second kappa shape index (κ2) is 18.2. The zero-order valence-electron chi connectivity index (χ0n) is 33.1. The van der Waals surface area contributed by atoms with Crippen molar-refractivity contribution in [2.24, 2.45) is 16.8 Å². The SMILES string of the molecule is CCOc1cc(C(C)(C)C)ncc1/C(=N/C(C)(C)C1C=CC(Cl)=CC1)N(Cc1ccc(Cl)cc1)C(=O)N1CCC(CC(=O)N(C)Cc2ccccc2F)CC1. The molecular weight excluding hydrogens is 736 g/mol. The fraction of sp³-hybridized carbons (Fsp3) is 0.455. The average molecular weight is 791 g/mol. The van der Waals surface area contributed by atoms with Gasteiger partial charge in [0.1, 0.15) is 17.4 Å². The predicted molar refractivity (Wildman–Crippen MR) is 220 cm³/mol. The molecule has 0 bridgehead atoms. The van der Waals surface area contributed by atoms with Crippen LogP contribution in [0.15, 0.2) is 89.0 Å². The van der Waals surface area contributed by atoms with E-state index in [4.69, 9.17) is 37.9 Å². The molecule has 1 aliphatic heterocycles. The predicted octanol–water partition coefficient (Wildman–Crippen LogP) is 10.2. The number of rotatable bonds is 11. The van der Waals surface area contributed by atoms with E-state index in [1.54, 1.807) is 41.2 Å². The van der Waals surface area contributed by atoms with Crippen molar-refractivity contribution in [3.8, 4) is 5.75 Å². The number of aromatic nitrogens is 1. The van der Waals surface area contributed by atoms with Gasteiger partial charge >= 0.3 is 6.03 Å². The normalized spacial score (nSPS) is 16.8. The second-order valence-corrected chi connectivity index (χ2v) is 17.0. The number of urea groups is 1. The van der Waals surface area contributed by atoms with Gasteiger partial charge in [-0.1, -0.05) is 86.5 Å². The van der Waals surface area contributed by atoms with Crippen LogP contribution in [-0.4, -0.2) is 69.7 Å².